The molecule has 0 saturated carbocycles. The summed E-state index contributed by atoms with van der Waals surface area (Å²) in [4.78, 5) is 28.0. The van der Waals surface area contributed by atoms with Crippen molar-refractivity contribution in [1.82, 2.24) is 9.80 Å². The summed E-state index contributed by atoms with van der Waals surface area (Å²) in [5.41, 5.74) is 0.979. The molecule has 0 aliphatic heterocycles. The molecule has 5 heteroatoms. The number of carbonyl (C=O) groups is 2. The Morgan fingerprint density at radius 1 is 1.04 bits per heavy atom. The summed E-state index contributed by atoms with van der Waals surface area (Å²) in [5.74, 6) is -0.374. The van der Waals surface area contributed by atoms with Crippen LogP contribution < -0.4 is 0 Å². The minimum atomic E-state index is -0.298. The van der Waals surface area contributed by atoms with Gasteiger partial charge in [-0.3, -0.25) is 9.59 Å². The van der Waals surface area contributed by atoms with Crippen LogP contribution in [0, 0.1) is 0 Å². The highest BCUT2D eigenvalue weighted by molar-refractivity contribution is 5.92. The Hall–Kier alpha value is -2.14. The summed E-state index contributed by atoms with van der Waals surface area (Å²) >= 11 is 0. The fourth-order valence-corrected chi connectivity index (χ4v) is 2.52. The zero-order valence-corrected chi connectivity index (χ0v) is 15.6. The summed E-state index contributed by atoms with van der Waals surface area (Å²) in [5, 5.41) is 0. The van der Waals surface area contributed by atoms with E-state index in [1.165, 1.54) is 7.11 Å². The highest BCUT2D eigenvalue weighted by Gasteiger charge is 2.13. The molecule has 0 spiro atoms. The summed E-state index contributed by atoms with van der Waals surface area (Å²) in [6.45, 7) is 8.21. The van der Waals surface area contributed by atoms with Crippen molar-refractivity contribution in [2.45, 2.75) is 26.7 Å². The number of hydrogen-bond acceptors (Lipinski definition) is 4. The quantitative estimate of drug-likeness (QED) is 0.457. The van der Waals surface area contributed by atoms with Gasteiger partial charge in [-0.25, -0.2) is 0 Å². The number of nitrogens with zero attached hydrogens (tertiary/aromatic N) is 2. The maximum atomic E-state index is 12.5. The lowest BCUT2D eigenvalue weighted by Gasteiger charge is -2.23. The van der Waals surface area contributed by atoms with E-state index < -0.39 is 0 Å². The van der Waals surface area contributed by atoms with Gasteiger partial charge in [-0.15, -0.1) is 0 Å². The van der Waals surface area contributed by atoms with Gasteiger partial charge in [-0.05, 0) is 37.7 Å². The van der Waals surface area contributed by atoms with E-state index in [4.69, 9.17) is 0 Å². The molecule has 0 aliphatic carbocycles. The number of esters is 1. The molecule has 138 valence electrons. The zero-order chi connectivity index (χ0) is 18.5. The van der Waals surface area contributed by atoms with Gasteiger partial charge >= 0.3 is 5.97 Å². The third-order valence-electron chi connectivity index (χ3n) is 4.14. The number of ether oxygens (including phenoxy) is 1. The van der Waals surface area contributed by atoms with Gasteiger partial charge in [0.2, 0.25) is 5.91 Å². The van der Waals surface area contributed by atoms with E-state index in [-0.39, 0.29) is 18.3 Å². The second-order valence-corrected chi connectivity index (χ2v) is 5.78. The summed E-state index contributed by atoms with van der Waals surface area (Å²) < 4.78 is 4.68. The third-order valence-corrected chi connectivity index (χ3v) is 4.14. The molecule has 0 aromatic heterocycles. The van der Waals surface area contributed by atoms with Crippen molar-refractivity contribution in [2.75, 3.05) is 39.8 Å². The minimum absolute atomic E-state index is 0.0766. The monoisotopic (exact) mass is 346 g/mol. The van der Waals surface area contributed by atoms with Crippen LogP contribution in [-0.2, 0) is 14.3 Å². The molecular formula is C20H30N2O3. The average molecular weight is 346 g/mol. The van der Waals surface area contributed by atoms with Crippen molar-refractivity contribution >= 4 is 18.0 Å². The standard InChI is InChI=1S/C20H30N2O3/c1-4-21(5-2)15-9-16-22(17-14-20(24)25-3)19(23)13-12-18-10-7-6-8-11-18/h6-8,10-13H,4-5,9,14-17H2,1-3H3/b13-12+. The smallest absolute Gasteiger partial charge is 0.307 e. The molecule has 1 amide bonds. The number of rotatable bonds is 11. The van der Waals surface area contributed by atoms with Crippen molar-refractivity contribution in [3.63, 3.8) is 0 Å². The van der Waals surface area contributed by atoms with Crippen LogP contribution in [0.25, 0.3) is 6.08 Å². The molecule has 25 heavy (non-hydrogen) atoms. The fraction of sp³-hybridized carbons (Fsp3) is 0.500. The number of hydrogen-bond donors (Lipinski definition) is 0. The van der Waals surface area contributed by atoms with E-state index in [1.807, 2.05) is 30.3 Å². The molecule has 0 atom stereocenters. The van der Waals surface area contributed by atoms with Gasteiger partial charge < -0.3 is 14.5 Å². The largest absolute Gasteiger partial charge is 0.469 e. The van der Waals surface area contributed by atoms with Crippen LogP contribution in [0.3, 0.4) is 0 Å². The highest BCUT2D eigenvalue weighted by atomic mass is 16.5. The molecule has 1 aromatic rings. The number of benzene rings is 1. The van der Waals surface area contributed by atoms with Crippen molar-refractivity contribution in [3.05, 3.63) is 42.0 Å². The van der Waals surface area contributed by atoms with Gasteiger partial charge in [0, 0.05) is 19.2 Å². The molecule has 0 heterocycles. The topological polar surface area (TPSA) is 49.9 Å². The van der Waals surface area contributed by atoms with Crippen molar-refractivity contribution < 1.29 is 14.3 Å². The Kier molecular flexibility index (Phi) is 10.2. The Morgan fingerprint density at radius 2 is 1.72 bits per heavy atom. The van der Waals surface area contributed by atoms with Gasteiger partial charge in [-0.2, -0.15) is 0 Å². The molecule has 0 aliphatic rings. The van der Waals surface area contributed by atoms with Gasteiger partial charge in [0.25, 0.3) is 0 Å². The molecule has 0 N–H and O–H groups in total. The van der Waals surface area contributed by atoms with Crippen LogP contribution in [0.1, 0.15) is 32.3 Å². The van der Waals surface area contributed by atoms with Gasteiger partial charge in [0.15, 0.2) is 0 Å². The number of methoxy groups -OCH3 is 1. The predicted octanol–water partition coefficient (Wildman–Crippen LogP) is 2.82. The van der Waals surface area contributed by atoms with Gasteiger partial charge in [0.1, 0.15) is 0 Å². The van der Waals surface area contributed by atoms with Crippen LogP contribution in [0.15, 0.2) is 36.4 Å². The molecular weight excluding hydrogens is 316 g/mol. The Labute approximate surface area is 151 Å². The van der Waals surface area contributed by atoms with Gasteiger partial charge in [-0.1, -0.05) is 44.2 Å². The Morgan fingerprint density at radius 3 is 2.32 bits per heavy atom. The molecule has 5 nitrogen and oxygen atoms in total. The second-order valence-electron chi connectivity index (χ2n) is 5.78. The summed E-state index contributed by atoms with van der Waals surface area (Å²) in [6.07, 6.45) is 4.47. The molecule has 0 radical (unpaired) electrons. The maximum absolute atomic E-state index is 12.5. The molecule has 0 bridgehead atoms. The molecule has 0 fully saturated rings. The maximum Gasteiger partial charge on any atom is 0.307 e. The predicted molar refractivity (Wildman–Crippen MR) is 101 cm³/mol. The van der Waals surface area contributed by atoms with Gasteiger partial charge in [0.05, 0.1) is 13.5 Å². The lowest BCUT2D eigenvalue weighted by molar-refractivity contribution is -0.141. The molecule has 1 rings (SSSR count). The van der Waals surface area contributed by atoms with E-state index in [1.54, 1.807) is 17.1 Å². The summed E-state index contributed by atoms with van der Waals surface area (Å²) in [7, 11) is 1.37. The molecule has 1 aromatic carbocycles. The van der Waals surface area contributed by atoms with E-state index in [2.05, 4.69) is 23.5 Å². The summed E-state index contributed by atoms with van der Waals surface area (Å²) in [6, 6.07) is 9.70. The normalized spacial score (nSPS) is 11.0. The number of amides is 1. The Bertz CT molecular complexity index is 539. The molecule has 0 unspecified atom stereocenters. The van der Waals surface area contributed by atoms with Crippen molar-refractivity contribution in [2.24, 2.45) is 0 Å². The van der Waals surface area contributed by atoms with E-state index in [0.29, 0.717) is 13.1 Å². The Balaban J connectivity index is 2.63. The first-order valence-electron chi connectivity index (χ1n) is 8.91. The van der Waals surface area contributed by atoms with Crippen molar-refractivity contribution in [1.29, 1.82) is 0 Å². The fourth-order valence-electron chi connectivity index (χ4n) is 2.52. The van der Waals surface area contributed by atoms with Crippen LogP contribution >= 0.6 is 0 Å². The average Bonchev–Trinajstić information content (AvgIpc) is 2.66. The minimum Gasteiger partial charge on any atom is -0.469 e. The molecule has 0 saturated heterocycles. The number of carbonyl (C=O) groups excluding carboxylic acids is 2. The first kappa shape index (κ1) is 20.9. The zero-order valence-electron chi connectivity index (χ0n) is 15.6. The van der Waals surface area contributed by atoms with Crippen LogP contribution in [0.5, 0.6) is 0 Å². The third kappa shape index (κ3) is 8.49. The SMILES string of the molecule is CCN(CC)CCCN(CCC(=O)OC)C(=O)/C=C/c1ccccc1. The first-order valence-corrected chi connectivity index (χ1v) is 8.91. The highest BCUT2D eigenvalue weighted by Crippen LogP contribution is 2.04. The van der Waals surface area contributed by atoms with Crippen LogP contribution in [0.2, 0.25) is 0 Å². The van der Waals surface area contributed by atoms with E-state index in [9.17, 15) is 9.59 Å². The van der Waals surface area contributed by atoms with E-state index in [0.717, 1.165) is 31.6 Å². The lowest BCUT2D eigenvalue weighted by atomic mass is 10.2. The van der Waals surface area contributed by atoms with Crippen LogP contribution in [0.4, 0.5) is 0 Å². The lowest BCUT2D eigenvalue weighted by Crippen LogP contribution is -2.35. The van der Waals surface area contributed by atoms with Crippen molar-refractivity contribution in [3.8, 4) is 0 Å². The van der Waals surface area contributed by atoms with Crippen LogP contribution in [-0.4, -0.2) is 61.5 Å². The first-order chi connectivity index (χ1) is 12.1. The van der Waals surface area contributed by atoms with E-state index >= 15 is 0 Å². The second kappa shape index (κ2) is 12.3.